The minimum atomic E-state index is -0.200. The van der Waals surface area contributed by atoms with Crippen LogP contribution in [0.25, 0.3) is 0 Å². The van der Waals surface area contributed by atoms with E-state index in [9.17, 15) is 4.79 Å². The second kappa shape index (κ2) is 5.44. The minimum Gasteiger partial charge on any atom is -0.383 e. The van der Waals surface area contributed by atoms with Crippen LogP contribution in [0.3, 0.4) is 0 Å². The average Bonchev–Trinajstić information content (AvgIpc) is 2.62. The monoisotopic (exact) mass is 216 g/mol. The SMILES string of the molecule is COCC(C)N(C)C(=O)C1COCC1N. The Morgan fingerprint density at radius 3 is 2.80 bits per heavy atom. The fourth-order valence-corrected chi connectivity index (χ4v) is 1.66. The summed E-state index contributed by atoms with van der Waals surface area (Å²) in [6, 6.07) is -0.106. The maximum Gasteiger partial charge on any atom is 0.229 e. The van der Waals surface area contributed by atoms with Crippen molar-refractivity contribution in [3.8, 4) is 0 Å². The molecule has 0 bridgehead atoms. The lowest BCUT2D eigenvalue weighted by molar-refractivity contribution is -0.137. The Hall–Kier alpha value is -0.650. The molecule has 0 aromatic carbocycles. The maximum atomic E-state index is 12.0. The predicted octanol–water partition coefficient (Wildman–Crippen LogP) is -0.547. The third-order valence-electron chi connectivity index (χ3n) is 2.86. The molecule has 1 amide bonds. The Morgan fingerprint density at radius 2 is 2.33 bits per heavy atom. The van der Waals surface area contributed by atoms with Gasteiger partial charge in [-0.1, -0.05) is 0 Å². The van der Waals surface area contributed by atoms with Gasteiger partial charge in [0.2, 0.25) is 5.91 Å². The molecule has 88 valence electrons. The van der Waals surface area contributed by atoms with Crippen LogP contribution in [0.5, 0.6) is 0 Å². The van der Waals surface area contributed by atoms with Crippen LogP contribution in [0.15, 0.2) is 0 Å². The number of amides is 1. The van der Waals surface area contributed by atoms with E-state index >= 15 is 0 Å². The molecular weight excluding hydrogens is 196 g/mol. The molecule has 2 N–H and O–H groups in total. The van der Waals surface area contributed by atoms with Crippen molar-refractivity contribution < 1.29 is 14.3 Å². The van der Waals surface area contributed by atoms with Gasteiger partial charge >= 0.3 is 0 Å². The number of rotatable bonds is 4. The van der Waals surface area contributed by atoms with E-state index in [1.165, 1.54) is 0 Å². The van der Waals surface area contributed by atoms with Crippen molar-refractivity contribution >= 4 is 5.91 Å². The average molecular weight is 216 g/mol. The minimum absolute atomic E-state index is 0.0459. The molecule has 1 fully saturated rings. The van der Waals surface area contributed by atoms with Gasteiger partial charge in [0, 0.05) is 20.2 Å². The van der Waals surface area contributed by atoms with Gasteiger partial charge in [-0.25, -0.2) is 0 Å². The van der Waals surface area contributed by atoms with Crippen LogP contribution < -0.4 is 5.73 Å². The van der Waals surface area contributed by atoms with Crippen LogP contribution in [-0.2, 0) is 14.3 Å². The van der Waals surface area contributed by atoms with Crippen molar-refractivity contribution in [1.82, 2.24) is 4.90 Å². The number of hydrogen-bond acceptors (Lipinski definition) is 4. The molecule has 5 heteroatoms. The number of ether oxygens (including phenoxy) is 2. The highest BCUT2D eigenvalue weighted by Crippen LogP contribution is 2.15. The summed E-state index contributed by atoms with van der Waals surface area (Å²) in [5.74, 6) is -0.154. The van der Waals surface area contributed by atoms with Crippen molar-refractivity contribution in [2.75, 3.05) is 34.0 Å². The van der Waals surface area contributed by atoms with Crippen molar-refractivity contribution in [3.05, 3.63) is 0 Å². The number of likely N-dealkylation sites (N-methyl/N-ethyl adjacent to an activating group) is 1. The van der Waals surface area contributed by atoms with Crippen LogP contribution in [-0.4, -0.2) is 56.9 Å². The van der Waals surface area contributed by atoms with Gasteiger partial charge in [0.1, 0.15) is 0 Å². The summed E-state index contributed by atoms with van der Waals surface area (Å²) < 4.78 is 10.2. The topological polar surface area (TPSA) is 64.8 Å². The summed E-state index contributed by atoms with van der Waals surface area (Å²) in [6.07, 6.45) is 0. The smallest absolute Gasteiger partial charge is 0.229 e. The first-order valence-corrected chi connectivity index (χ1v) is 5.16. The summed E-state index contributed by atoms with van der Waals surface area (Å²) in [6.45, 7) is 3.39. The second-order valence-corrected chi connectivity index (χ2v) is 4.06. The van der Waals surface area contributed by atoms with Gasteiger partial charge in [0.25, 0.3) is 0 Å². The Morgan fingerprint density at radius 1 is 1.67 bits per heavy atom. The van der Waals surface area contributed by atoms with Gasteiger partial charge in [-0.3, -0.25) is 4.79 Å². The van der Waals surface area contributed by atoms with Crippen LogP contribution in [0.4, 0.5) is 0 Å². The first-order valence-electron chi connectivity index (χ1n) is 5.16. The first kappa shape index (κ1) is 12.4. The molecule has 15 heavy (non-hydrogen) atoms. The fourth-order valence-electron chi connectivity index (χ4n) is 1.66. The van der Waals surface area contributed by atoms with Crippen LogP contribution in [0.2, 0.25) is 0 Å². The van der Waals surface area contributed by atoms with Crippen LogP contribution >= 0.6 is 0 Å². The molecule has 1 rings (SSSR count). The zero-order valence-electron chi connectivity index (χ0n) is 9.60. The molecule has 0 aromatic heterocycles. The molecule has 3 atom stereocenters. The third kappa shape index (κ3) is 2.90. The van der Waals surface area contributed by atoms with Crippen LogP contribution in [0.1, 0.15) is 6.92 Å². The molecule has 0 radical (unpaired) electrons. The number of hydrogen-bond donors (Lipinski definition) is 1. The Bertz CT molecular complexity index is 223. The molecule has 1 aliphatic rings. The van der Waals surface area contributed by atoms with E-state index in [4.69, 9.17) is 15.2 Å². The lowest BCUT2D eigenvalue weighted by Crippen LogP contribution is -2.46. The number of carbonyl (C=O) groups excluding carboxylic acids is 1. The van der Waals surface area contributed by atoms with E-state index in [1.807, 2.05) is 6.92 Å². The summed E-state index contributed by atoms with van der Waals surface area (Å²) in [5.41, 5.74) is 5.79. The molecule has 3 unspecified atom stereocenters. The van der Waals surface area contributed by atoms with Gasteiger partial charge in [0.15, 0.2) is 0 Å². The normalized spacial score (nSPS) is 27.7. The molecule has 0 spiro atoms. The van der Waals surface area contributed by atoms with Crippen molar-refractivity contribution in [2.45, 2.75) is 19.0 Å². The molecule has 1 saturated heterocycles. The zero-order chi connectivity index (χ0) is 11.4. The van der Waals surface area contributed by atoms with Crippen molar-refractivity contribution in [2.24, 2.45) is 11.7 Å². The van der Waals surface area contributed by atoms with Gasteiger partial charge < -0.3 is 20.1 Å². The van der Waals surface area contributed by atoms with E-state index in [1.54, 1.807) is 19.1 Å². The molecule has 1 heterocycles. The quantitative estimate of drug-likeness (QED) is 0.685. The number of nitrogens with zero attached hydrogens (tertiary/aromatic N) is 1. The Kier molecular flexibility index (Phi) is 4.50. The largest absolute Gasteiger partial charge is 0.383 e. The molecular formula is C10H20N2O3. The van der Waals surface area contributed by atoms with E-state index in [-0.39, 0.29) is 23.9 Å². The summed E-state index contributed by atoms with van der Waals surface area (Å²) in [5, 5.41) is 0. The number of methoxy groups -OCH3 is 1. The summed E-state index contributed by atoms with van der Waals surface area (Å²) >= 11 is 0. The fraction of sp³-hybridized carbons (Fsp3) is 0.900. The van der Waals surface area contributed by atoms with E-state index in [0.717, 1.165) is 0 Å². The summed E-state index contributed by atoms with van der Waals surface area (Å²) in [7, 11) is 3.40. The van der Waals surface area contributed by atoms with E-state index < -0.39 is 0 Å². The van der Waals surface area contributed by atoms with Gasteiger partial charge in [0.05, 0.1) is 31.8 Å². The summed E-state index contributed by atoms with van der Waals surface area (Å²) in [4.78, 5) is 13.7. The van der Waals surface area contributed by atoms with Crippen molar-refractivity contribution in [3.63, 3.8) is 0 Å². The molecule has 1 aliphatic heterocycles. The molecule has 0 saturated carbocycles. The predicted molar refractivity (Wildman–Crippen MR) is 56.4 cm³/mol. The highest BCUT2D eigenvalue weighted by molar-refractivity contribution is 5.80. The lowest BCUT2D eigenvalue weighted by Gasteiger charge is -2.27. The van der Waals surface area contributed by atoms with Gasteiger partial charge in [-0.15, -0.1) is 0 Å². The maximum absolute atomic E-state index is 12.0. The second-order valence-electron chi connectivity index (χ2n) is 4.06. The van der Waals surface area contributed by atoms with Crippen molar-refractivity contribution in [1.29, 1.82) is 0 Å². The van der Waals surface area contributed by atoms with Crippen LogP contribution in [0, 0.1) is 5.92 Å². The molecule has 0 aliphatic carbocycles. The molecule has 5 nitrogen and oxygen atoms in total. The molecule has 0 aromatic rings. The zero-order valence-corrected chi connectivity index (χ0v) is 9.60. The number of nitrogens with two attached hydrogens (primary N) is 1. The van der Waals surface area contributed by atoms with E-state index in [0.29, 0.717) is 19.8 Å². The first-order chi connectivity index (χ1) is 7.07. The third-order valence-corrected chi connectivity index (χ3v) is 2.86. The van der Waals surface area contributed by atoms with E-state index in [2.05, 4.69) is 0 Å². The standard InChI is InChI=1S/C10H20N2O3/c1-7(4-14-3)12(2)10(13)8-5-15-6-9(8)11/h7-9H,4-6,11H2,1-3H3. The number of carbonyl (C=O) groups is 1. The Balaban J connectivity index is 2.51. The van der Waals surface area contributed by atoms with Gasteiger partial charge in [-0.2, -0.15) is 0 Å². The lowest BCUT2D eigenvalue weighted by atomic mass is 10.0. The Labute approximate surface area is 90.5 Å². The van der Waals surface area contributed by atoms with Gasteiger partial charge in [-0.05, 0) is 6.92 Å². The highest BCUT2D eigenvalue weighted by Gasteiger charge is 2.34. The highest BCUT2D eigenvalue weighted by atomic mass is 16.5.